The highest BCUT2D eigenvalue weighted by atomic mass is 32.1. The van der Waals surface area contributed by atoms with E-state index >= 15 is 0 Å². The van der Waals surface area contributed by atoms with E-state index in [9.17, 15) is 4.79 Å². The summed E-state index contributed by atoms with van der Waals surface area (Å²) < 4.78 is 7.75. The van der Waals surface area contributed by atoms with Crippen molar-refractivity contribution >= 4 is 22.9 Å². The predicted octanol–water partition coefficient (Wildman–Crippen LogP) is 1.88. The van der Waals surface area contributed by atoms with E-state index in [1.165, 1.54) is 5.56 Å². The standard InChI is InChI=1S/C17H22N4O2S/c1-19-10-15(8-18-19)21-13-17(23-11-16(21)22)3-5-20(6-4-17)9-14-2-7-24-12-14/h2,7-8,10,12H,3-6,9,11,13H2,1H3. The van der Waals surface area contributed by atoms with Crippen molar-refractivity contribution in [2.45, 2.75) is 25.0 Å². The van der Waals surface area contributed by atoms with Gasteiger partial charge in [-0.15, -0.1) is 0 Å². The molecule has 4 rings (SSSR count). The fourth-order valence-electron chi connectivity index (χ4n) is 3.56. The van der Waals surface area contributed by atoms with Crippen LogP contribution >= 0.6 is 11.3 Å². The van der Waals surface area contributed by atoms with E-state index in [0.717, 1.165) is 38.2 Å². The smallest absolute Gasteiger partial charge is 0.253 e. The predicted molar refractivity (Wildman–Crippen MR) is 93.1 cm³/mol. The van der Waals surface area contributed by atoms with Gasteiger partial charge in [-0.3, -0.25) is 14.4 Å². The lowest BCUT2D eigenvalue weighted by atomic mass is 9.89. The van der Waals surface area contributed by atoms with Gasteiger partial charge in [0.25, 0.3) is 5.91 Å². The van der Waals surface area contributed by atoms with E-state index in [1.807, 2.05) is 18.1 Å². The van der Waals surface area contributed by atoms with Gasteiger partial charge in [-0.2, -0.15) is 16.4 Å². The SMILES string of the molecule is Cn1cc(N2CC3(CCN(Cc4ccsc4)CC3)OCC2=O)cn1. The second-order valence-corrected chi connectivity index (χ2v) is 7.51. The number of piperidine rings is 1. The molecule has 2 fully saturated rings. The minimum atomic E-state index is -0.213. The van der Waals surface area contributed by atoms with E-state index in [4.69, 9.17) is 4.74 Å². The van der Waals surface area contributed by atoms with Crippen LogP contribution in [0.1, 0.15) is 18.4 Å². The zero-order chi connectivity index (χ0) is 16.6. The van der Waals surface area contributed by atoms with Crippen molar-refractivity contribution in [3.63, 3.8) is 0 Å². The second kappa shape index (κ2) is 6.31. The zero-order valence-electron chi connectivity index (χ0n) is 13.9. The number of anilines is 1. The van der Waals surface area contributed by atoms with E-state index < -0.39 is 0 Å². The number of thiophene rings is 1. The fraction of sp³-hybridized carbons (Fsp3) is 0.529. The molecular weight excluding hydrogens is 324 g/mol. The maximum atomic E-state index is 12.3. The molecule has 0 atom stereocenters. The lowest BCUT2D eigenvalue weighted by Crippen LogP contribution is -2.58. The summed E-state index contributed by atoms with van der Waals surface area (Å²) >= 11 is 1.75. The van der Waals surface area contributed by atoms with Gasteiger partial charge in [-0.1, -0.05) is 0 Å². The Morgan fingerprint density at radius 2 is 2.21 bits per heavy atom. The summed E-state index contributed by atoms with van der Waals surface area (Å²) in [5.74, 6) is 0.0225. The van der Waals surface area contributed by atoms with Crippen LogP contribution in [0.3, 0.4) is 0 Å². The average molecular weight is 346 g/mol. The van der Waals surface area contributed by atoms with Crippen molar-refractivity contribution in [2.75, 3.05) is 31.1 Å². The van der Waals surface area contributed by atoms with Crippen molar-refractivity contribution in [2.24, 2.45) is 7.05 Å². The second-order valence-electron chi connectivity index (χ2n) is 6.73. The van der Waals surface area contributed by atoms with Crippen LogP contribution in [0.2, 0.25) is 0 Å². The maximum Gasteiger partial charge on any atom is 0.253 e. The molecule has 2 aromatic rings. The van der Waals surface area contributed by atoms with Gasteiger partial charge in [0.1, 0.15) is 6.61 Å². The molecule has 1 amide bonds. The van der Waals surface area contributed by atoms with E-state index in [-0.39, 0.29) is 18.1 Å². The molecular formula is C17H22N4O2S. The van der Waals surface area contributed by atoms with Crippen LogP contribution in [0, 0.1) is 0 Å². The molecule has 2 aliphatic heterocycles. The number of carbonyl (C=O) groups is 1. The van der Waals surface area contributed by atoms with Crippen LogP contribution in [-0.2, 0) is 23.1 Å². The highest BCUT2D eigenvalue weighted by Gasteiger charge is 2.42. The van der Waals surface area contributed by atoms with Gasteiger partial charge in [0.05, 0.1) is 24.0 Å². The van der Waals surface area contributed by atoms with Gasteiger partial charge in [-0.25, -0.2) is 0 Å². The maximum absolute atomic E-state index is 12.3. The van der Waals surface area contributed by atoms with Gasteiger partial charge >= 0.3 is 0 Å². The average Bonchev–Trinajstić information content (AvgIpc) is 3.24. The molecule has 0 radical (unpaired) electrons. The van der Waals surface area contributed by atoms with Crippen molar-refractivity contribution < 1.29 is 9.53 Å². The van der Waals surface area contributed by atoms with E-state index in [2.05, 4.69) is 26.8 Å². The first-order chi connectivity index (χ1) is 11.6. The monoisotopic (exact) mass is 346 g/mol. The Hall–Kier alpha value is -1.70. The molecule has 24 heavy (non-hydrogen) atoms. The van der Waals surface area contributed by atoms with Crippen LogP contribution in [0.5, 0.6) is 0 Å². The van der Waals surface area contributed by atoms with Gasteiger partial charge in [0.15, 0.2) is 0 Å². The first-order valence-corrected chi connectivity index (χ1v) is 9.24. The summed E-state index contributed by atoms with van der Waals surface area (Å²) in [6.07, 6.45) is 5.56. The number of hydrogen-bond acceptors (Lipinski definition) is 5. The van der Waals surface area contributed by atoms with Gasteiger partial charge in [0.2, 0.25) is 0 Å². The molecule has 0 unspecified atom stereocenters. The molecule has 0 saturated carbocycles. The van der Waals surface area contributed by atoms with Crippen LogP contribution < -0.4 is 4.90 Å². The summed E-state index contributed by atoms with van der Waals surface area (Å²) in [6, 6.07) is 2.19. The molecule has 0 bridgehead atoms. The third kappa shape index (κ3) is 3.11. The Balaban J connectivity index is 1.42. The third-order valence-corrected chi connectivity index (χ3v) is 5.74. The molecule has 0 N–H and O–H groups in total. The van der Waals surface area contributed by atoms with Crippen molar-refractivity contribution in [3.05, 3.63) is 34.8 Å². The summed E-state index contributed by atoms with van der Waals surface area (Å²) in [5, 5.41) is 8.53. The Kier molecular flexibility index (Phi) is 4.15. The first-order valence-electron chi connectivity index (χ1n) is 8.30. The van der Waals surface area contributed by atoms with Crippen LogP contribution in [0.15, 0.2) is 29.2 Å². The molecule has 2 aromatic heterocycles. The van der Waals surface area contributed by atoms with Gasteiger partial charge in [0, 0.05) is 32.9 Å². The summed E-state index contributed by atoms with van der Waals surface area (Å²) in [6.45, 7) is 3.81. The Labute approximate surface area is 145 Å². The lowest BCUT2D eigenvalue weighted by Gasteiger charge is -2.46. The van der Waals surface area contributed by atoms with Gasteiger partial charge in [-0.05, 0) is 35.2 Å². The molecule has 0 aliphatic carbocycles. The van der Waals surface area contributed by atoms with E-state index in [0.29, 0.717) is 6.54 Å². The fourth-order valence-corrected chi connectivity index (χ4v) is 4.22. The summed E-state index contributed by atoms with van der Waals surface area (Å²) in [7, 11) is 1.87. The van der Waals surface area contributed by atoms with Gasteiger partial charge < -0.3 is 9.64 Å². The third-order valence-electron chi connectivity index (χ3n) is 5.01. The number of aromatic nitrogens is 2. The number of aryl methyl sites for hydroxylation is 1. The minimum absolute atomic E-state index is 0.0225. The number of ether oxygens (including phenoxy) is 1. The minimum Gasteiger partial charge on any atom is -0.363 e. The molecule has 1 spiro atoms. The highest BCUT2D eigenvalue weighted by molar-refractivity contribution is 7.07. The molecule has 6 nitrogen and oxygen atoms in total. The normalized spacial score (nSPS) is 21.5. The largest absolute Gasteiger partial charge is 0.363 e. The van der Waals surface area contributed by atoms with Crippen LogP contribution in [0.25, 0.3) is 0 Å². The van der Waals surface area contributed by atoms with Crippen molar-refractivity contribution in [1.29, 1.82) is 0 Å². The summed E-state index contributed by atoms with van der Waals surface area (Å²) in [5.41, 5.74) is 2.04. The zero-order valence-corrected chi connectivity index (χ0v) is 14.7. The Morgan fingerprint density at radius 3 is 2.88 bits per heavy atom. The number of nitrogens with zero attached hydrogens (tertiary/aromatic N) is 4. The number of rotatable bonds is 3. The molecule has 2 aliphatic rings. The summed E-state index contributed by atoms with van der Waals surface area (Å²) in [4.78, 5) is 16.6. The molecule has 4 heterocycles. The van der Waals surface area contributed by atoms with Crippen molar-refractivity contribution in [1.82, 2.24) is 14.7 Å². The Morgan fingerprint density at radius 1 is 1.38 bits per heavy atom. The van der Waals surface area contributed by atoms with Crippen LogP contribution in [-0.4, -0.2) is 52.4 Å². The van der Waals surface area contributed by atoms with Crippen molar-refractivity contribution in [3.8, 4) is 0 Å². The first kappa shape index (κ1) is 15.8. The van der Waals surface area contributed by atoms with Crippen LogP contribution in [0.4, 0.5) is 5.69 Å². The number of likely N-dealkylation sites (tertiary alicyclic amines) is 1. The molecule has 128 valence electrons. The molecule has 7 heteroatoms. The lowest BCUT2D eigenvalue weighted by molar-refractivity contribution is -0.144. The Bertz CT molecular complexity index is 704. The number of morpholine rings is 1. The van der Waals surface area contributed by atoms with E-state index in [1.54, 1.807) is 22.2 Å². The topological polar surface area (TPSA) is 50.6 Å². The highest BCUT2D eigenvalue weighted by Crippen LogP contribution is 2.33. The molecule has 0 aromatic carbocycles. The quantitative estimate of drug-likeness (QED) is 0.851. The number of amides is 1. The number of carbonyl (C=O) groups excluding carboxylic acids is 1. The molecule has 2 saturated heterocycles. The number of hydrogen-bond donors (Lipinski definition) is 0.